The van der Waals surface area contributed by atoms with Crippen LogP contribution in [0.1, 0.15) is 47.6 Å². The summed E-state index contributed by atoms with van der Waals surface area (Å²) in [5.41, 5.74) is 1.42. The van der Waals surface area contributed by atoms with Gasteiger partial charge in [0.15, 0.2) is 0 Å². The van der Waals surface area contributed by atoms with E-state index in [-0.39, 0.29) is 11.9 Å². The van der Waals surface area contributed by atoms with E-state index in [4.69, 9.17) is 0 Å². The van der Waals surface area contributed by atoms with Gasteiger partial charge in [-0.25, -0.2) is 9.97 Å². The van der Waals surface area contributed by atoms with Gasteiger partial charge in [0.05, 0.1) is 11.3 Å². The number of carbonyl (C=O) groups excluding carboxylic acids is 1. The van der Waals surface area contributed by atoms with Crippen molar-refractivity contribution in [1.29, 1.82) is 0 Å². The fraction of sp³-hybridized carbons (Fsp3) is 0.500. The van der Waals surface area contributed by atoms with Gasteiger partial charge >= 0.3 is 0 Å². The van der Waals surface area contributed by atoms with Crippen LogP contribution in [-0.2, 0) is 12.8 Å². The highest BCUT2D eigenvalue weighted by atomic mass is 32.1. The molecule has 24 heavy (non-hydrogen) atoms. The normalized spacial score (nSPS) is 15.5. The Morgan fingerprint density at radius 2 is 2.21 bits per heavy atom. The standard InChI is InChI=1S/C18H24N4OS/c1-3-16-15(12-19-18(21-16)22-8-4-5-9-22)17(23)20-13(2)11-14-7-6-10-24-14/h6-7,10,12-13H,3-5,8-9,11H2,1-2H3,(H,20,23). The van der Waals surface area contributed by atoms with Crippen LogP contribution in [0.2, 0.25) is 0 Å². The highest BCUT2D eigenvalue weighted by Gasteiger charge is 2.19. The SMILES string of the molecule is CCc1nc(N2CCCC2)ncc1C(=O)NC(C)Cc1cccs1. The lowest BCUT2D eigenvalue weighted by molar-refractivity contribution is 0.0938. The van der Waals surface area contributed by atoms with Crippen molar-refractivity contribution in [2.24, 2.45) is 0 Å². The van der Waals surface area contributed by atoms with Crippen molar-refractivity contribution in [2.45, 2.75) is 45.6 Å². The zero-order valence-electron chi connectivity index (χ0n) is 14.3. The molecule has 1 amide bonds. The molecule has 1 atom stereocenters. The molecule has 3 rings (SSSR count). The summed E-state index contributed by atoms with van der Waals surface area (Å²) in [6.45, 7) is 6.07. The number of hydrogen-bond acceptors (Lipinski definition) is 5. The highest BCUT2D eigenvalue weighted by Crippen LogP contribution is 2.18. The minimum Gasteiger partial charge on any atom is -0.349 e. The minimum absolute atomic E-state index is 0.0797. The second-order valence-corrected chi connectivity index (χ2v) is 7.27. The van der Waals surface area contributed by atoms with Crippen LogP contribution >= 0.6 is 11.3 Å². The quantitative estimate of drug-likeness (QED) is 0.875. The summed E-state index contributed by atoms with van der Waals surface area (Å²) in [7, 11) is 0. The topological polar surface area (TPSA) is 58.1 Å². The first-order valence-electron chi connectivity index (χ1n) is 8.61. The first-order valence-corrected chi connectivity index (χ1v) is 9.49. The van der Waals surface area contributed by atoms with Gasteiger partial charge in [0.2, 0.25) is 5.95 Å². The average molecular weight is 344 g/mol. The summed E-state index contributed by atoms with van der Waals surface area (Å²) in [5.74, 6) is 0.677. The molecular formula is C18H24N4OS. The Kier molecular flexibility index (Phi) is 5.45. The molecule has 0 radical (unpaired) electrons. The lowest BCUT2D eigenvalue weighted by Crippen LogP contribution is -2.35. The Bertz CT molecular complexity index is 680. The third-order valence-corrected chi connectivity index (χ3v) is 5.19. The maximum atomic E-state index is 12.6. The van der Waals surface area contributed by atoms with E-state index in [1.54, 1.807) is 17.5 Å². The maximum Gasteiger partial charge on any atom is 0.254 e. The van der Waals surface area contributed by atoms with Crippen molar-refractivity contribution in [1.82, 2.24) is 15.3 Å². The summed E-state index contributed by atoms with van der Waals surface area (Å²) in [4.78, 5) is 25.1. The molecule has 0 aromatic carbocycles. The van der Waals surface area contributed by atoms with Crippen molar-refractivity contribution >= 4 is 23.2 Å². The highest BCUT2D eigenvalue weighted by molar-refractivity contribution is 7.09. The molecule has 2 aromatic heterocycles. The van der Waals surface area contributed by atoms with E-state index in [0.717, 1.165) is 37.6 Å². The number of thiophene rings is 1. The van der Waals surface area contributed by atoms with Crippen LogP contribution in [0.15, 0.2) is 23.7 Å². The van der Waals surface area contributed by atoms with Crippen LogP contribution in [0.4, 0.5) is 5.95 Å². The van der Waals surface area contributed by atoms with Gasteiger partial charge in [0.25, 0.3) is 5.91 Å². The first-order chi connectivity index (χ1) is 11.7. The lowest BCUT2D eigenvalue weighted by atomic mass is 10.1. The minimum atomic E-state index is -0.0797. The second-order valence-electron chi connectivity index (χ2n) is 6.24. The predicted molar refractivity (Wildman–Crippen MR) is 97.8 cm³/mol. The number of nitrogens with one attached hydrogen (secondary N) is 1. The zero-order valence-corrected chi connectivity index (χ0v) is 15.1. The molecule has 1 saturated heterocycles. The van der Waals surface area contributed by atoms with E-state index >= 15 is 0 Å². The van der Waals surface area contributed by atoms with Gasteiger partial charge in [0.1, 0.15) is 0 Å². The van der Waals surface area contributed by atoms with Crippen LogP contribution in [0, 0.1) is 0 Å². The zero-order chi connectivity index (χ0) is 16.9. The molecule has 1 fully saturated rings. The summed E-state index contributed by atoms with van der Waals surface area (Å²) in [6, 6.07) is 4.21. The summed E-state index contributed by atoms with van der Waals surface area (Å²) in [5, 5.41) is 5.13. The van der Waals surface area contributed by atoms with E-state index in [9.17, 15) is 4.79 Å². The van der Waals surface area contributed by atoms with Crippen molar-refractivity contribution in [3.05, 3.63) is 39.8 Å². The van der Waals surface area contributed by atoms with Crippen molar-refractivity contribution in [3.8, 4) is 0 Å². The molecule has 6 heteroatoms. The summed E-state index contributed by atoms with van der Waals surface area (Å²) >= 11 is 1.72. The molecule has 3 heterocycles. The van der Waals surface area contributed by atoms with E-state index in [0.29, 0.717) is 5.56 Å². The molecule has 0 aliphatic carbocycles. The number of rotatable bonds is 6. The van der Waals surface area contributed by atoms with Crippen LogP contribution < -0.4 is 10.2 Å². The van der Waals surface area contributed by atoms with E-state index in [1.165, 1.54) is 17.7 Å². The summed E-state index contributed by atoms with van der Waals surface area (Å²) in [6.07, 6.45) is 5.64. The number of amides is 1. The Morgan fingerprint density at radius 1 is 1.42 bits per heavy atom. The molecule has 128 valence electrons. The second kappa shape index (κ2) is 7.75. The van der Waals surface area contributed by atoms with Gasteiger partial charge in [-0.2, -0.15) is 0 Å². The molecule has 2 aromatic rings. The monoisotopic (exact) mass is 344 g/mol. The Balaban J connectivity index is 1.69. The van der Waals surface area contributed by atoms with E-state index in [2.05, 4.69) is 31.6 Å². The third kappa shape index (κ3) is 3.93. The molecule has 1 aliphatic rings. The van der Waals surface area contributed by atoms with Gasteiger partial charge in [-0.05, 0) is 37.6 Å². The molecule has 0 saturated carbocycles. The summed E-state index contributed by atoms with van der Waals surface area (Å²) < 4.78 is 0. The number of nitrogens with zero attached hydrogens (tertiary/aromatic N) is 3. The molecule has 5 nitrogen and oxygen atoms in total. The Morgan fingerprint density at radius 3 is 2.88 bits per heavy atom. The molecule has 1 N–H and O–H groups in total. The average Bonchev–Trinajstić information content (AvgIpc) is 3.27. The Labute approximate surface area is 147 Å². The third-order valence-electron chi connectivity index (χ3n) is 4.29. The maximum absolute atomic E-state index is 12.6. The largest absolute Gasteiger partial charge is 0.349 e. The van der Waals surface area contributed by atoms with Gasteiger partial charge in [-0.3, -0.25) is 4.79 Å². The van der Waals surface area contributed by atoms with Crippen LogP contribution in [0.5, 0.6) is 0 Å². The molecular weight excluding hydrogens is 320 g/mol. The van der Waals surface area contributed by atoms with Gasteiger partial charge in [-0.1, -0.05) is 13.0 Å². The van der Waals surface area contributed by atoms with Crippen LogP contribution in [-0.4, -0.2) is 35.0 Å². The van der Waals surface area contributed by atoms with E-state index in [1.807, 2.05) is 19.9 Å². The van der Waals surface area contributed by atoms with Crippen LogP contribution in [0.3, 0.4) is 0 Å². The van der Waals surface area contributed by atoms with Gasteiger partial charge < -0.3 is 10.2 Å². The smallest absolute Gasteiger partial charge is 0.254 e. The van der Waals surface area contributed by atoms with Crippen molar-refractivity contribution in [3.63, 3.8) is 0 Å². The molecule has 0 bridgehead atoms. The molecule has 1 unspecified atom stereocenters. The van der Waals surface area contributed by atoms with Crippen LogP contribution in [0.25, 0.3) is 0 Å². The molecule has 0 spiro atoms. The first kappa shape index (κ1) is 16.9. The number of anilines is 1. The number of aryl methyl sites for hydroxylation is 1. The van der Waals surface area contributed by atoms with Gasteiger partial charge in [0, 0.05) is 36.6 Å². The number of hydrogen-bond donors (Lipinski definition) is 1. The van der Waals surface area contributed by atoms with Crippen molar-refractivity contribution < 1.29 is 4.79 Å². The van der Waals surface area contributed by atoms with Crippen molar-refractivity contribution in [2.75, 3.05) is 18.0 Å². The van der Waals surface area contributed by atoms with E-state index < -0.39 is 0 Å². The Hall–Kier alpha value is -1.95. The predicted octanol–water partition coefficient (Wildman–Crippen LogP) is 3.06. The fourth-order valence-electron chi connectivity index (χ4n) is 3.02. The number of aromatic nitrogens is 2. The fourth-order valence-corrected chi connectivity index (χ4v) is 3.85. The number of carbonyl (C=O) groups is 1. The lowest BCUT2D eigenvalue weighted by Gasteiger charge is -2.18. The molecule has 1 aliphatic heterocycles. The van der Waals surface area contributed by atoms with Gasteiger partial charge in [-0.15, -0.1) is 11.3 Å².